The van der Waals surface area contributed by atoms with Gasteiger partial charge in [-0.2, -0.15) is 0 Å². The Balaban J connectivity index is 1.72. The van der Waals surface area contributed by atoms with Crippen LogP contribution in [0.2, 0.25) is 0 Å². The number of allylic oxidation sites excluding steroid dienone is 1. The lowest BCUT2D eigenvalue weighted by molar-refractivity contribution is -0.118. The summed E-state index contributed by atoms with van der Waals surface area (Å²) in [7, 11) is 1.76. The van der Waals surface area contributed by atoms with E-state index in [1.54, 1.807) is 19.3 Å². The highest BCUT2D eigenvalue weighted by Crippen LogP contribution is 2.36. The van der Waals surface area contributed by atoms with Gasteiger partial charge in [0.1, 0.15) is 5.69 Å². The van der Waals surface area contributed by atoms with Crippen LogP contribution in [-0.2, 0) is 4.79 Å². The number of aromatic nitrogens is 3. The van der Waals surface area contributed by atoms with Crippen molar-refractivity contribution < 1.29 is 9.59 Å². The predicted molar refractivity (Wildman–Crippen MR) is 130 cm³/mol. The fourth-order valence-electron chi connectivity index (χ4n) is 4.70. The molecular weight excluding hydrogens is 414 g/mol. The first kappa shape index (κ1) is 22.7. The van der Waals surface area contributed by atoms with Crippen LogP contribution in [0.3, 0.4) is 0 Å². The summed E-state index contributed by atoms with van der Waals surface area (Å²) in [5.41, 5.74) is 3.85. The summed E-state index contributed by atoms with van der Waals surface area (Å²) < 4.78 is 2.25. The molecule has 0 spiro atoms. The van der Waals surface area contributed by atoms with Gasteiger partial charge in [0.05, 0.1) is 16.7 Å². The van der Waals surface area contributed by atoms with Crippen LogP contribution in [0.1, 0.15) is 62.4 Å². The predicted octanol–water partition coefficient (Wildman–Crippen LogP) is 4.41. The largest absolute Gasteiger partial charge is 0.384 e. The number of pyridine rings is 1. The molecule has 172 valence electrons. The van der Waals surface area contributed by atoms with Crippen LogP contribution in [-0.4, -0.2) is 39.3 Å². The van der Waals surface area contributed by atoms with Crippen LogP contribution in [0, 0.1) is 0 Å². The first-order valence-corrected chi connectivity index (χ1v) is 11.7. The molecule has 1 aromatic carbocycles. The number of likely N-dealkylation sites (N-methyl/N-ethyl adjacent to an activating group) is 1. The number of Topliss-reactive ketones (excluding diaryl/α,β-unsaturated/α-hetero) is 1. The van der Waals surface area contributed by atoms with Gasteiger partial charge in [-0.15, -0.1) is 0 Å². The Bertz CT molecular complexity index is 1180. The third-order valence-corrected chi connectivity index (χ3v) is 6.38. The molecule has 2 N–H and O–H groups in total. The van der Waals surface area contributed by atoms with Crippen molar-refractivity contribution >= 4 is 22.7 Å². The number of hydrogen-bond acceptors (Lipinski definition) is 5. The lowest BCUT2D eigenvalue weighted by Crippen LogP contribution is -2.41. The third kappa shape index (κ3) is 4.67. The number of carbonyl (C=O) groups excluding carboxylic acids is 2. The molecule has 2 atom stereocenters. The first-order valence-electron chi connectivity index (χ1n) is 11.7. The second-order valence-electron chi connectivity index (χ2n) is 8.44. The highest BCUT2D eigenvalue weighted by atomic mass is 16.2. The highest BCUT2D eigenvalue weighted by Gasteiger charge is 2.29. The second-order valence-corrected chi connectivity index (χ2v) is 8.44. The van der Waals surface area contributed by atoms with Gasteiger partial charge < -0.3 is 15.2 Å². The quantitative estimate of drug-likeness (QED) is 0.415. The van der Waals surface area contributed by atoms with Crippen LogP contribution in [0.15, 0.2) is 54.4 Å². The van der Waals surface area contributed by atoms with Crippen LogP contribution in [0.25, 0.3) is 22.6 Å². The average molecular weight is 446 g/mol. The molecule has 0 radical (unpaired) electrons. The Hall–Kier alpha value is -3.48. The smallest absolute Gasteiger partial charge is 0.267 e. The van der Waals surface area contributed by atoms with Gasteiger partial charge >= 0.3 is 0 Å². The van der Waals surface area contributed by atoms with Gasteiger partial charge in [-0.05, 0) is 62.9 Å². The zero-order valence-electron chi connectivity index (χ0n) is 19.5. The Morgan fingerprint density at radius 1 is 1.21 bits per heavy atom. The lowest BCUT2D eigenvalue weighted by atomic mass is 9.90. The van der Waals surface area contributed by atoms with E-state index < -0.39 is 0 Å². The van der Waals surface area contributed by atoms with Crippen LogP contribution in [0.5, 0.6) is 0 Å². The number of amides is 1. The summed E-state index contributed by atoms with van der Waals surface area (Å²) >= 11 is 0. The van der Waals surface area contributed by atoms with Crippen molar-refractivity contribution in [2.45, 2.75) is 58.0 Å². The summed E-state index contributed by atoms with van der Waals surface area (Å²) in [4.78, 5) is 34.3. The van der Waals surface area contributed by atoms with E-state index in [1.165, 1.54) is 0 Å². The van der Waals surface area contributed by atoms with Crippen LogP contribution >= 0.6 is 0 Å². The molecule has 4 rings (SSSR count). The van der Waals surface area contributed by atoms with Gasteiger partial charge in [0.15, 0.2) is 11.6 Å². The summed E-state index contributed by atoms with van der Waals surface area (Å²) in [5, 5.41) is 6.14. The number of hydrogen-bond donors (Lipinski definition) is 2. The van der Waals surface area contributed by atoms with E-state index in [1.807, 2.05) is 50.2 Å². The topological polar surface area (TPSA) is 88.9 Å². The fourth-order valence-corrected chi connectivity index (χ4v) is 4.70. The molecule has 1 saturated carbocycles. The molecule has 3 aromatic rings. The number of rotatable bonds is 7. The van der Waals surface area contributed by atoms with Crippen LogP contribution < -0.4 is 10.6 Å². The van der Waals surface area contributed by atoms with E-state index in [0.717, 1.165) is 48.2 Å². The van der Waals surface area contributed by atoms with Gasteiger partial charge in [0.2, 0.25) is 0 Å². The average Bonchev–Trinajstić information content (AvgIpc) is 3.24. The van der Waals surface area contributed by atoms with E-state index in [0.29, 0.717) is 17.7 Å². The van der Waals surface area contributed by atoms with Crippen molar-refractivity contribution in [3.8, 4) is 11.5 Å². The normalized spacial score (nSPS) is 18.8. The molecule has 7 nitrogen and oxygen atoms in total. The summed E-state index contributed by atoms with van der Waals surface area (Å²) in [6.45, 7) is 3.72. The fraction of sp³-hybridized carbons (Fsp3) is 0.385. The number of nitrogens with zero attached hydrogens (tertiary/aromatic N) is 3. The molecule has 0 saturated heterocycles. The van der Waals surface area contributed by atoms with E-state index in [-0.39, 0.29) is 23.8 Å². The van der Waals surface area contributed by atoms with Crippen molar-refractivity contribution in [1.82, 2.24) is 25.2 Å². The maximum absolute atomic E-state index is 12.6. The molecule has 1 aliphatic rings. The Kier molecular flexibility index (Phi) is 6.87. The maximum atomic E-state index is 12.6. The SMILES string of the molecule is C/C=C(\NC)C(=O)NC1CCCC(n2c(-c3ccccn3)nc3cc(C(=O)CC)ccc32)C1. The first-order chi connectivity index (χ1) is 16.0. The maximum Gasteiger partial charge on any atom is 0.267 e. The molecule has 2 heterocycles. The zero-order valence-corrected chi connectivity index (χ0v) is 19.5. The molecule has 1 fully saturated rings. The van der Waals surface area contributed by atoms with Crippen molar-refractivity contribution in [1.29, 1.82) is 0 Å². The Morgan fingerprint density at radius 2 is 2.06 bits per heavy atom. The molecule has 0 aliphatic heterocycles. The molecule has 7 heteroatoms. The molecular formula is C26H31N5O2. The van der Waals surface area contributed by atoms with Gasteiger partial charge in [-0.3, -0.25) is 14.6 Å². The van der Waals surface area contributed by atoms with Crippen molar-refractivity contribution in [3.05, 3.63) is 59.9 Å². The van der Waals surface area contributed by atoms with Crippen molar-refractivity contribution in [3.63, 3.8) is 0 Å². The van der Waals surface area contributed by atoms with Crippen molar-refractivity contribution in [2.24, 2.45) is 0 Å². The van der Waals surface area contributed by atoms with Crippen molar-refractivity contribution in [2.75, 3.05) is 7.05 Å². The summed E-state index contributed by atoms with van der Waals surface area (Å²) in [5.74, 6) is 0.831. The number of nitrogens with one attached hydrogen (secondary N) is 2. The molecule has 1 aliphatic carbocycles. The van der Waals surface area contributed by atoms with Crippen LogP contribution in [0.4, 0.5) is 0 Å². The highest BCUT2D eigenvalue weighted by molar-refractivity contribution is 5.99. The van der Waals surface area contributed by atoms with Gasteiger partial charge in [-0.1, -0.05) is 19.1 Å². The number of ketones is 1. The minimum absolute atomic E-state index is 0.0752. The standard InChI is InChI=1S/C26H31N5O2/c1-4-20(27-3)26(33)29-18-9-8-10-19(16-18)31-23-13-12-17(24(32)5-2)15-22(23)30-25(31)21-11-6-7-14-28-21/h4,6-7,11-15,18-19,27H,5,8-10,16H2,1-3H3,(H,29,33)/b20-4-. The molecule has 2 unspecified atom stereocenters. The number of carbonyl (C=O) groups is 2. The molecule has 0 bridgehead atoms. The molecule has 1 amide bonds. The van der Waals surface area contributed by atoms with E-state index in [9.17, 15) is 9.59 Å². The lowest BCUT2D eigenvalue weighted by Gasteiger charge is -2.32. The van der Waals surface area contributed by atoms with Gasteiger partial charge in [0, 0.05) is 37.3 Å². The number of benzene rings is 1. The minimum atomic E-state index is -0.0752. The third-order valence-electron chi connectivity index (χ3n) is 6.38. The van der Waals surface area contributed by atoms with E-state index in [4.69, 9.17) is 4.98 Å². The second kappa shape index (κ2) is 9.98. The Labute approximate surface area is 194 Å². The molecule has 2 aromatic heterocycles. The summed E-state index contributed by atoms with van der Waals surface area (Å²) in [6, 6.07) is 11.8. The zero-order chi connectivity index (χ0) is 23.4. The molecule has 33 heavy (non-hydrogen) atoms. The van der Waals surface area contributed by atoms with Gasteiger partial charge in [0.25, 0.3) is 5.91 Å². The van der Waals surface area contributed by atoms with E-state index >= 15 is 0 Å². The Morgan fingerprint density at radius 3 is 2.76 bits per heavy atom. The monoisotopic (exact) mass is 445 g/mol. The number of fused-ring (bicyclic) bond motifs is 1. The van der Waals surface area contributed by atoms with E-state index in [2.05, 4.69) is 20.2 Å². The summed E-state index contributed by atoms with van der Waals surface area (Å²) in [6.07, 6.45) is 7.78. The minimum Gasteiger partial charge on any atom is -0.384 e. The number of imidazole rings is 1. The van der Waals surface area contributed by atoms with Gasteiger partial charge in [-0.25, -0.2) is 4.98 Å².